The van der Waals surface area contributed by atoms with Crippen LogP contribution in [0.3, 0.4) is 0 Å². The lowest BCUT2D eigenvalue weighted by molar-refractivity contribution is -0.130. The van der Waals surface area contributed by atoms with E-state index < -0.39 is 0 Å². The number of benzene rings is 1. The zero-order chi connectivity index (χ0) is 22.8. The average Bonchev–Trinajstić information content (AvgIpc) is 3.46. The van der Waals surface area contributed by atoms with Crippen molar-refractivity contribution in [3.63, 3.8) is 0 Å². The van der Waals surface area contributed by atoms with Crippen LogP contribution in [0.15, 0.2) is 60.9 Å². The molecule has 0 radical (unpaired) electrons. The minimum absolute atomic E-state index is 0.138. The smallest absolute Gasteiger partial charge is 0.224 e. The number of pyridine rings is 2. The molecule has 0 saturated carbocycles. The number of nitrogens with one attached hydrogen (secondary N) is 1. The van der Waals surface area contributed by atoms with Crippen molar-refractivity contribution in [1.29, 1.82) is 0 Å². The van der Waals surface area contributed by atoms with Crippen molar-refractivity contribution in [3.05, 3.63) is 78.1 Å². The lowest BCUT2D eigenvalue weighted by atomic mass is 10.0. The van der Waals surface area contributed by atoms with Gasteiger partial charge in [0.25, 0.3) is 0 Å². The highest BCUT2D eigenvalue weighted by Gasteiger charge is 2.28. The number of halogens is 1. The van der Waals surface area contributed by atoms with Crippen molar-refractivity contribution >= 4 is 28.3 Å². The second kappa shape index (κ2) is 8.97. The van der Waals surface area contributed by atoms with Crippen molar-refractivity contribution in [1.82, 2.24) is 24.6 Å². The van der Waals surface area contributed by atoms with Gasteiger partial charge < -0.3 is 10.2 Å². The number of nitrogens with zero attached hydrogens (tertiary/aromatic N) is 5. The predicted molar refractivity (Wildman–Crippen MR) is 125 cm³/mol. The molecule has 0 bridgehead atoms. The number of para-hydroxylation sites is 1. The molecule has 0 spiro atoms. The van der Waals surface area contributed by atoms with Crippen LogP contribution < -0.4 is 5.32 Å². The van der Waals surface area contributed by atoms with Gasteiger partial charge in [0.2, 0.25) is 5.91 Å². The summed E-state index contributed by atoms with van der Waals surface area (Å²) in [5.41, 5.74) is 3.73. The molecule has 4 heterocycles. The van der Waals surface area contributed by atoms with E-state index in [-0.39, 0.29) is 17.6 Å². The van der Waals surface area contributed by atoms with E-state index in [9.17, 15) is 9.18 Å². The van der Waals surface area contributed by atoms with Gasteiger partial charge in [0, 0.05) is 47.9 Å². The maximum atomic E-state index is 13.1. The highest BCUT2D eigenvalue weighted by Crippen LogP contribution is 2.29. The molecule has 3 aromatic heterocycles. The van der Waals surface area contributed by atoms with Crippen molar-refractivity contribution in [2.24, 2.45) is 0 Å². The molecule has 168 valence electrons. The number of hydrogen-bond donors (Lipinski definition) is 1. The largest absolute Gasteiger partial charge is 0.342 e. The Morgan fingerprint density at radius 3 is 2.91 bits per heavy atom. The van der Waals surface area contributed by atoms with Gasteiger partial charge in [-0.15, -0.1) is 0 Å². The minimum Gasteiger partial charge on any atom is -0.342 e. The van der Waals surface area contributed by atoms with Gasteiger partial charge >= 0.3 is 0 Å². The number of likely N-dealkylation sites (tertiary alicyclic amines) is 1. The van der Waals surface area contributed by atoms with Gasteiger partial charge in [-0.3, -0.25) is 14.5 Å². The molecule has 1 fully saturated rings. The molecule has 1 aliphatic rings. The number of aryl methyl sites for hydroxylation is 2. The first-order valence-electron chi connectivity index (χ1n) is 11.1. The fourth-order valence-electron chi connectivity index (χ4n) is 4.37. The molecule has 33 heavy (non-hydrogen) atoms. The molecule has 8 heteroatoms. The van der Waals surface area contributed by atoms with E-state index in [1.807, 2.05) is 59.1 Å². The summed E-state index contributed by atoms with van der Waals surface area (Å²) >= 11 is 0. The summed E-state index contributed by atoms with van der Waals surface area (Å²) in [6.07, 6.45) is 4.32. The molecule has 1 aromatic carbocycles. The van der Waals surface area contributed by atoms with Crippen LogP contribution in [0.2, 0.25) is 0 Å². The summed E-state index contributed by atoms with van der Waals surface area (Å²) in [6, 6.07) is 14.9. The second-order valence-electron chi connectivity index (χ2n) is 8.41. The summed E-state index contributed by atoms with van der Waals surface area (Å²) in [5.74, 6) is 0.519. The van der Waals surface area contributed by atoms with Crippen molar-refractivity contribution in [3.8, 4) is 0 Å². The SMILES string of the molecule is Cc1cc(Nc2ccc(F)cn2)cc(C2CCN(C(=O)CCn3ncc4ccccc43)C2)n1. The quantitative estimate of drug-likeness (QED) is 0.476. The third-order valence-electron chi connectivity index (χ3n) is 6.02. The first-order valence-corrected chi connectivity index (χ1v) is 11.1. The van der Waals surface area contributed by atoms with Gasteiger partial charge in [0.05, 0.1) is 24.5 Å². The molecule has 1 unspecified atom stereocenters. The first kappa shape index (κ1) is 21.1. The standard InChI is InChI=1S/C25H25FN6O/c1-17-12-21(30-24-7-6-20(26)15-27-24)13-22(29-17)19-8-10-31(16-19)25(33)9-11-32-23-5-3-2-4-18(23)14-28-32/h2-7,12-15,19H,8-11,16H2,1H3,(H,27,29,30). The van der Waals surface area contributed by atoms with Crippen LogP contribution in [0.5, 0.6) is 0 Å². The van der Waals surface area contributed by atoms with Gasteiger partial charge in [-0.25, -0.2) is 9.37 Å². The molecular weight excluding hydrogens is 419 g/mol. The highest BCUT2D eigenvalue weighted by atomic mass is 19.1. The van der Waals surface area contributed by atoms with Crippen LogP contribution in [0.1, 0.15) is 30.1 Å². The lowest BCUT2D eigenvalue weighted by Gasteiger charge is -2.17. The minimum atomic E-state index is -0.372. The maximum absolute atomic E-state index is 13.1. The Balaban J connectivity index is 1.22. The Hall–Kier alpha value is -3.81. The number of carbonyl (C=O) groups is 1. The van der Waals surface area contributed by atoms with Gasteiger partial charge in [-0.05, 0) is 43.7 Å². The summed E-state index contributed by atoms with van der Waals surface area (Å²) in [6.45, 7) is 3.89. The van der Waals surface area contributed by atoms with Crippen LogP contribution in [-0.2, 0) is 11.3 Å². The van der Waals surface area contributed by atoms with E-state index in [4.69, 9.17) is 4.98 Å². The summed E-state index contributed by atoms with van der Waals surface area (Å²) < 4.78 is 15.0. The second-order valence-corrected chi connectivity index (χ2v) is 8.41. The Morgan fingerprint density at radius 2 is 2.06 bits per heavy atom. The molecular formula is C25H25FN6O. The average molecular weight is 445 g/mol. The van der Waals surface area contributed by atoms with Crippen LogP contribution in [0, 0.1) is 12.7 Å². The van der Waals surface area contributed by atoms with E-state index >= 15 is 0 Å². The lowest BCUT2D eigenvalue weighted by Crippen LogP contribution is -2.29. The molecule has 0 aliphatic carbocycles. The van der Waals surface area contributed by atoms with E-state index in [1.165, 1.54) is 12.3 Å². The van der Waals surface area contributed by atoms with Crippen LogP contribution in [-0.4, -0.2) is 43.6 Å². The van der Waals surface area contributed by atoms with Gasteiger partial charge in [0.1, 0.15) is 11.6 Å². The van der Waals surface area contributed by atoms with Gasteiger partial charge in [-0.2, -0.15) is 5.10 Å². The molecule has 1 N–H and O–H groups in total. The van der Waals surface area contributed by atoms with Gasteiger partial charge in [0.15, 0.2) is 0 Å². The predicted octanol–water partition coefficient (Wildman–Crippen LogP) is 4.42. The summed E-state index contributed by atoms with van der Waals surface area (Å²) in [7, 11) is 0. The van der Waals surface area contributed by atoms with E-state index in [1.54, 1.807) is 6.07 Å². The monoisotopic (exact) mass is 444 g/mol. The number of carbonyl (C=O) groups excluding carboxylic acids is 1. The van der Waals surface area contributed by atoms with E-state index in [0.717, 1.165) is 40.9 Å². The van der Waals surface area contributed by atoms with Crippen LogP contribution in [0.4, 0.5) is 15.9 Å². The summed E-state index contributed by atoms with van der Waals surface area (Å²) in [4.78, 5) is 23.6. The Kier molecular flexibility index (Phi) is 5.73. The Labute approximate surface area is 191 Å². The van der Waals surface area contributed by atoms with Crippen molar-refractivity contribution in [2.75, 3.05) is 18.4 Å². The number of fused-ring (bicyclic) bond motifs is 1. The third kappa shape index (κ3) is 4.69. The molecule has 7 nitrogen and oxygen atoms in total. The third-order valence-corrected chi connectivity index (χ3v) is 6.02. The Morgan fingerprint density at radius 1 is 1.18 bits per heavy atom. The number of hydrogen-bond acceptors (Lipinski definition) is 5. The number of anilines is 2. The molecule has 1 saturated heterocycles. The number of rotatable bonds is 6. The van der Waals surface area contributed by atoms with E-state index in [2.05, 4.69) is 15.4 Å². The molecule has 4 aromatic rings. The van der Waals surface area contributed by atoms with Gasteiger partial charge in [-0.1, -0.05) is 18.2 Å². The van der Waals surface area contributed by atoms with E-state index in [0.29, 0.717) is 25.3 Å². The van der Waals surface area contributed by atoms with Crippen LogP contribution >= 0.6 is 0 Å². The van der Waals surface area contributed by atoms with Crippen molar-refractivity contribution in [2.45, 2.75) is 32.2 Å². The maximum Gasteiger partial charge on any atom is 0.224 e. The number of aromatic nitrogens is 4. The molecule has 5 rings (SSSR count). The zero-order valence-electron chi connectivity index (χ0n) is 18.4. The molecule has 1 amide bonds. The van der Waals surface area contributed by atoms with Crippen molar-refractivity contribution < 1.29 is 9.18 Å². The molecule has 1 aliphatic heterocycles. The fourth-order valence-corrected chi connectivity index (χ4v) is 4.37. The zero-order valence-corrected chi connectivity index (χ0v) is 18.4. The Bertz CT molecular complexity index is 1290. The normalized spacial score (nSPS) is 15.8. The highest BCUT2D eigenvalue weighted by molar-refractivity contribution is 5.79. The van der Waals surface area contributed by atoms with Crippen LogP contribution in [0.25, 0.3) is 10.9 Å². The number of amides is 1. The molecule has 1 atom stereocenters. The topological polar surface area (TPSA) is 75.9 Å². The first-order chi connectivity index (χ1) is 16.0. The fraction of sp³-hybridized carbons (Fsp3) is 0.280. The summed E-state index contributed by atoms with van der Waals surface area (Å²) in [5, 5.41) is 8.71.